The minimum Gasteiger partial charge on any atom is -0.393 e. The highest BCUT2D eigenvalue weighted by Gasteiger charge is 2.42. The first-order valence-corrected chi connectivity index (χ1v) is 5.39. The Hall–Kier alpha value is -0.860. The van der Waals surface area contributed by atoms with Crippen molar-refractivity contribution in [3.8, 4) is 0 Å². The van der Waals surface area contributed by atoms with Crippen molar-refractivity contribution in [2.45, 2.75) is 52.4 Å². The molecule has 0 unspecified atom stereocenters. The molecule has 3 nitrogen and oxygen atoms in total. The summed E-state index contributed by atoms with van der Waals surface area (Å²) < 4.78 is 4.73. The molecule has 1 fully saturated rings. The van der Waals surface area contributed by atoms with Crippen molar-refractivity contribution in [2.24, 2.45) is 5.41 Å². The molecular formula is C11H18O3. The number of hydrogen-bond acceptors (Lipinski definition) is 3. The fraction of sp³-hybridized carbons (Fsp3) is 0.818. The van der Waals surface area contributed by atoms with E-state index in [4.69, 9.17) is 4.74 Å². The lowest BCUT2D eigenvalue weighted by molar-refractivity contribution is -0.175. The van der Waals surface area contributed by atoms with Crippen molar-refractivity contribution in [3.63, 3.8) is 0 Å². The molecule has 80 valence electrons. The highest BCUT2D eigenvalue weighted by atomic mass is 16.6. The van der Waals surface area contributed by atoms with Crippen LogP contribution in [-0.2, 0) is 14.3 Å². The Balaban J connectivity index is 2.75. The summed E-state index contributed by atoms with van der Waals surface area (Å²) in [5.41, 5.74) is -0.364. The van der Waals surface area contributed by atoms with Crippen molar-refractivity contribution in [1.29, 1.82) is 0 Å². The van der Waals surface area contributed by atoms with Crippen LogP contribution < -0.4 is 0 Å². The SMILES string of the molecule is CCCC1(CCC)CCC(=O)OC1=O. The summed E-state index contributed by atoms with van der Waals surface area (Å²) in [5.74, 6) is -0.657. The molecule has 1 aliphatic rings. The first kappa shape index (κ1) is 11.2. The van der Waals surface area contributed by atoms with Gasteiger partial charge in [0.05, 0.1) is 5.41 Å². The number of esters is 2. The van der Waals surface area contributed by atoms with Gasteiger partial charge in [-0.15, -0.1) is 0 Å². The topological polar surface area (TPSA) is 43.4 Å². The lowest BCUT2D eigenvalue weighted by atomic mass is 9.74. The summed E-state index contributed by atoms with van der Waals surface area (Å²) in [5, 5.41) is 0. The third-order valence-electron chi connectivity index (χ3n) is 2.90. The first-order valence-electron chi connectivity index (χ1n) is 5.39. The van der Waals surface area contributed by atoms with Crippen molar-refractivity contribution in [1.82, 2.24) is 0 Å². The third-order valence-corrected chi connectivity index (χ3v) is 2.90. The van der Waals surface area contributed by atoms with E-state index in [1.807, 2.05) is 0 Å². The van der Waals surface area contributed by atoms with Gasteiger partial charge in [-0.05, 0) is 19.3 Å². The van der Waals surface area contributed by atoms with Crippen LogP contribution in [0, 0.1) is 5.41 Å². The van der Waals surface area contributed by atoms with Gasteiger partial charge in [0, 0.05) is 6.42 Å². The highest BCUT2D eigenvalue weighted by Crippen LogP contribution is 2.39. The molecule has 1 saturated heterocycles. The highest BCUT2D eigenvalue weighted by molar-refractivity contribution is 5.91. The summed E-state index contributed by atoms with van der Waals surface area (Å²) in [6.07, 6.45) is 4.67. The fourth-order valence-corrected chi connectivity index (χ4v) is 2.24. The number of carbonyl (C=O) groups excluding carboxylic acids is 2. The third kappa shape index (κ3) is 2.14. The predicted molar refractivity (Wildman–Crippen MR) is 52.6 cm³/mol. The molecule has 0 bridgehead atoms. The maximum absolute atomic E-state index is 11.7. The number of cyclic esters (lactones) is 2. The van der Waals surface area contributed by atoms with E-state index in [0.717, 1.165) is 25.7 Å². The second-order valence-electron chi connectivity index (χ2n) is 4.04. The summed E-state index contributed by atoms with van der Waals surface area (Å²) in [7, 11) is 0. The van der Waals surface area contributed by atoms with E-state index in [9.17, 15) is 9.59 Å². The van der Waals surface area contributed by atoms with Gasteiger partial charge in [0.1, 0.15) is 0 Å². The molecule has 1 aliphatic heterocycles. The van der Waals surface area contributed by atoms with Gasteiger partial charge >= 0.3 is 11.9 Å². The molecule has 0 aromatic heterocycles. The standard InChI is InChI=1S/C11H18O3/c1-3-6-11(7-4-2)8-5-9(12)14-10(11)13/h3-8H2,1-2H3. The van der Waals surface area contributed by atoms with Crippen LogP contribution in [0.25, 0.3) is 0 Å². The average molecular weight is 198 g/mol. The molecule has 1 heterocycles. The predicted octanol–water partition coefficient (Wildman–Crippen LogP) is 2.44. The van der Waals surface area contributed by atoms with Gasteiger partial charge in [-0.2, -0.15) is 0 Å². The van der Waals surface area contributed by atoms with Crippen LogP contribution in [0.15, 0.2) is 0 Å². The van der Waals surface area contributed by atoms with Crippen molar-refractivity contribution in [3.05, 3.63) is 0 Å². The quantitative estimate of drug-likeness (QED) is 0.514. The molecule has 0 spiro atoms. The Morgan fingerprint density at radius 2 is 1.79 bits per heavy atom. The van der Waals surface area contributed by atoms with Crippen molar-refractivity contribution in [2.75, 3.05) is 0 Å². The van der Waals surface area contributed by atoms with Gasteiger partial charge in [0.15, 0.2) is 0 Å². The first-order chi connectivity index (χ1) is 6.64. The Kier molecular flexibility index (Phi) is 3.67. The van der Waals surface area contributed by atoms with Crippen LogP contribution in [0.1, 0.15) is 52.4 Å². The molecule has 3 heteroatoms. The molecule has 0 aromatic carbocycles. The lowest BCUT2D eigenvalue weighted by Crippen LogP contribution is -2.39. The number of rotatable bonds is 4. The molecular weight excluding hydrogens is 180 g/mol. The summed E-state index contributed by atoms with van der Waals surface area (Å²) in [6.45, 7) is 4.11. The zero-order chi connectivity index (χ0) is 10.6. The molecule has 0 aliphatic carbocycles. The largest absolute Gasteiger partial charge is 0.393 e. The molecule has 0 aromatic rings. The normalized spacial score (nSPS) is 20.7. The van der Waals surface area contributed by atoms with E-state index in [1.54, 1.807) is 0 Å². The van der Waals surface area contributed by atoms with E-state index >= 15 is 0 Å². The molecule has 0 radical (unpaired) electrons. The molecule has 0 amide bonds. The maximum atomic E-state index is 11.7. The van der Waals surface area contributed by atoms with E-state index in [1.165, 1.54) is 0 Å². The second-order valence-corrected chi connectivity index (χ2v) is 4.04. The van der Waals surface area contributed by atoms with Crippen LogP contribution in [0.5, 0.6) is 0 Å². The van der Waals surface area contributed by atoms with Gasteiger partial charge in [0.25, 0.3) is 0 Å². The molecule has 0 N–H and O–H groups in total. The summed E-state index contributed by atoms with van der Waals surface area (Å²) in [6, 6.07) is 0. The average Bonchev–Trinajstić information content (AvgIpc) is 2.13. The zero-order valence-electron chi connectivity index (χ0n) is 8.97. The van der Waals surface area contributed by atoms with Crippen LogP contribution in [0.2, 0.25) is 0 Å². The Bertz CT molecular complexity index is 227. The van der Waals surface area contributed by atoms with Crippen LogP contribution in [-0.4, -0.2) is 11.9 Å². The number of carbonyl (C=O) groups is 2. The van der Waals surface area contributed by atoms with Crippen molar-refractivity contribution >= 4 is 11.9 Å². The number of hydrogen-bond donors (Lipinski definition) is 0. The smallest absolute Gasteiger partial charge is 0.319 e. The summed E-state index contributed by atoms with van der Waals surface area (Å²) >= 11 is 0. The van der Waals surface area contributed by atoms with E-state index in [2.05, 4.69) is 13.8 Å². The molecule has 1 rings (SSSR count). The maximum Gasteiger partial charge on any atom is 0.319 e. The summed E-state index contributed by atoms with van der Waals surface area (Å²) in [4.78, 5) is 22.6. The van der Waals surface area contributed by atoms with Crippen molar-refractivity contribution < 1.29 is 14.3 Å². The van der Waals surface area contributed by atoms with Gasteiger partial charge in [-0.1, -0.05) is 26.7 Å². The van der Waals surface area contributed by atoms with Gasteiger partial charge in [0.2, 0.25) is 0 Å². The Labute approximate surface area is 84.8 Å². The lowest BCUT2D eigenvalue weighted by Gasteiger charge is -2.33. The Morgan fingerprint density at radius 3 is 2.21 bits per heavy atom. The van der Waals surface area contributed by atoms with E-state index in [-0.39, 0.29) is 17.4 Å². The monoisotopic (exact) mass is 198 g/mol. The van der Waals surface area contributed by atoms with Gasteiger partial charge in [-0.25, -0.2) is 0 Å². The van der Waals surface area contributed by atoms with Gasteiger partial charge in [-0.3, -0.25) is 9.59 Å². The second kappa shape index (κ2) is 4.58. The number of ether oxygens (including phenoxy) is 1. The molecule has 0 saturated carbocycles. The minimum absolute atomic E-state index is 0.294. The van der Waals surface area contributed by atoms with Crippen LogP contribution in [0.3, 0.4) is 0 Å². The fourth-order valence-electron chi connectivity index (χ4n) is 2.24. The van der Waals surface area contributed by atoms with Crippen LogP contribution in [0.4, 0.5) is 0 Å². The van der Waals surface area contributed by atoms with Crippen LogP contribution >= 0.6 is 0 Å². The zero-order valence-corrected chi connectivity index (χ0v) is 8.97. The van der Waals surface area contributed by atoms with Gasteiger partial charge < -0.3 is 4.74 Å². The molecule has 14 heavy (non-hydrogen) atoms. The van der Waals surface area contributed by atoms with E-state index < -0.39 is 0 Å². The molecule has 0 atom stereocenters. The Morgan fingerprint density at radius 1 is 1.21 bits per heavy atom. The minimum atomic E-state index is -0.364. The van der Waals surface area contributed by atoms with E-state index in [0.29, 0.717) is 12.8 Å².